The summed E-state index contributed by atoms with van der Waals surface area (Å²) in [6.45, 7) is 0. The van der Waals surface area contributed by atoms with E-state index in [1.54, 1.807) is 0 Å². The predicted octanol–water partition coefficient (Wildman–Crippen LogP) is 15.6. The van der Waals surface area contributed by atoms with E-state index in [-0.39, 0.29) is 0 Å². The lowest BCUT2D eigenvalue weighted by Gasteiger charge is -2.26. The number of hydrogen-bond donors (Lipinski definition) is 0. The van der Waals surface area contributed by atoms with Crippen LogP contribution >= 0.6 is 11.3 Å². The molecule has 0 aliphatic rings. The highest BCUT2D eigenvalue weighted by atomic mass is 32.1. The highest BCUT2D eigenvalue weighted by molar-refractivity contribution is 7.26. The van der Waals surface area contributed by atoms with Crippen LogP contribution in [0.25, 0.3) is 81.0 Å². The normalized spacial score (nSPS) is 11.5. The van der Waals surface area contributed by atoms with Crippen LogP contribution in [0.15, 0.2) is 218 Å². The summed E-state index contributed by atoms with van der Waals surface area (Å²) in [5.41, 5.74) is 14.2. The van der Waals surface area contributed by atoms with Crippen molar-refractivity contribution in [1.82, 2.24) is 4.57 Å². The maximum absolute atomic E-state index is 2.44. The molecule has 57 heavy (non-hydrogen) atoms. The smallest absolute Gasteiger partial charge is 0.0541 e. The van der Waals surface area contributed by atoms with Gasteiger partial charge in [0.1, 0.15) is 0 Å². The lowest BCUT2D eigenvalue weighted by Crippen LogP contribution is -2.09. The number of thiophene rings is 1. The standard InChI is InChI=1S/C54H36N2S/c1-3-13-37(14-4-1)39-23-29-42(30-24-39)55(43-31-25-40(26-32-43)38-15-5-2-6-16-38)44-33-27-41(28-34-44)49-35-45(36-50-48-19-9-12-22-53(48)57-54(49)50)56-51-20-10-7-17-46(51)47-18-8-11-21-52(47)56/h1-36H. The Balaban J connectivity index is 1.06. The SMILES string of the molecule is c1ccc(-c2ccc(N(c3ccc(-c4ccccc4)cc3)c3ccc(-c4cc(-n5c6ccccc6c6ccccc65)cc5c4sc4ccccc45)cc3)cc2)cc1. The van der Waals surface area contributed by atoms with Crippen LogP contribution in [-0.4, -0.2) is 4.57 Å². The van der Waals surface area contributed by atoms with Gasteiger partial charge >= 0.3 is 0 Å². The molecule has 9 aromatic carbocycles. The van der Waals surface area contributed by atoms with Crippen molar-refractivity contribution in [3.8, 4) is 39.1 Å². The van der Waals surface area contributed by atoms with Crippen molar-refractivity contribution in [3.63, 3.8) is 0 Å². The lowest BCUT2D eigenvalue weighted by atomic mass is 10.0. The van der Waals surface area contributed by atoms with Gasteiger partial charge in [-0.05, 0) is 94.5 Å². The molecule has 0 fully saturated rings. The maximum atomic E-state index is 2.44. The van der Waals surface area contributed by atoms with Gasteiger partial charge in [0.2, 0.25) is 0 Å². The van der Waals surface area contributed by atoms with E-state index in [4.69, 9.17) is 0 Å². The van der Waals surface area contributed by atoms with Crippen LogP contribution in [0.3, 0.4) is 0 Å². The Labute approximate surface area is 335 Å². The number of anilines is 3. The molecule has 0 radical (unpaired) electrons. The molecule has 0 aliphatic carbocycles. The zero-order chi connectivity index (χ0) is 37.7. The molecule has 0 aliphatic heterocycles. The van der Waals surface area contributed by atoms with Crippen LogP contribution in [0, 0.1) is 0 Å². The molecule has 268 valence electrons. The van der Waals surface area contributed by atoms with Gasteiger partial charge in [-0.15, -0.1) is 11.3 Å². The van der Waals surface area contributed by atoms with Crippen molar-refractivity contribution < 1.29 is 0 Å². The maximum Gasteiger partial charge on any atom is 0.0541 e. The molecule has 0 N–H and O–H groups in total. The summed E-state index contributed by atoms with van der Waals surface area (Å²) in [4.78, 5) is 2.36. The second-order valence-electron chi connectivity index (χ2n) is 14.5. The Hall–Kier alpha value is -7.20. The minimum atomic E-state index is 1.10. The van der Waals surface area contributed by atoms with Crippen LogP contribution < -0.4 is 4.90 Å². The highest BCUT2D eigenvalue weighted by Gasteiger charge is 2.19. The van der Waals surface area contributed by atoms with Crippen molar-refractivity contribution >= 4 is 70.4 Å². The molecule has 2 nitrogen and oxygen atoms in total. The van der Waals surface area contributed by atoms with Gasteiger partial charge in [0.15, 0.2) is 0 Å². The van der Waals surface area contributed by atoms with E-state index in [2.05, 4.69) is 228 Å². The molecule has 0 saturated carbocycles. The van der Waals surface area contributed by atoms with E-state index in [1.165, 1.54) is 81.0 Å². The fraction of sp³-hybridized carbons (Fsp3) is 0. The summed E-state index contributed by atoms with van der Waals surface area (Å²) in [7, 11) is 0. The molecule has 0 amide bonds. The molecular weight excluding hydrogens is 709 g/mol. The van der Waals surface area contributed by atoms with E-state index in [0.717, 1.165) is 17.1 Å². The third-order valence-corrected chi connectivity index (χ3v) is 12.4. The third-order valence-electron chi connectivity index (χ3n) is 11.2. The van der Waals surface area contributed by atoms with Gasteiger partial charge in [0.05, 0.1) is 11.0 Å². The molecule has 3 heteroatoms. The van der Waals surface area contributed by atoms with Crippen LogP contribution in [0.1, 0.15) is 0 Å². The lowest BCUT2D eigenvalue weighted by molar-refractivity contribution is 1.19. The van der Waals surface area contributed by atoms with Crippen LogP contribution in [-0.2, 0) is 0 Å². The zero-order valence-electron chi connectivity index (χ0n) is 31.1. The van der Waals surface area contributed by atoms with Crippen molar-refractivity contribution in [1.29, 1.82) is 0 Å². The van der Waals surface area contributed by atoms with Gasteiger partial charge in [-0.25, -0.2) is 0 Å². The topological polar surface area (TPSA) is 8.17 Å². The first-order valence-corrected chi connectivity index (χ1v) is 20.2. The zero-order valence-corrected chi connectivity index (χ0v) is 31.9. The fourth-order valence-corrected chi connectivity index (χ4v) is 9.68. The van der Waals surface area contributed by atoms with Crippen molar-refractivity contribution in [3.05, 3.63) is 218 Å². The number of para-hydroxylation sites is 2. The molecule has 11 aromatic rings. The number of benzene rings is 9. The molecular formula is C54H36N2S. The Morgan fingerprint density at radius 1 is 0.333 bits per heavy atom. The summed E-state index contributed by atoms with van der Waals surface area (Å²) < 4.78 is 5.04. The van der Waals surface area contributed by atoms with Gasteiger partial charge < -0.3 is 9.47 Å². The Kier molecular flexibility index (Phi) is 8.04. The van der Waals surface area contributed by atoms with Crippen LogP contribution in [0.5, 0.6) is 0 Å². The number of nitrogens with zero attached hydrogens (tertiary/aromatic N) is 2. The summed E-state index contributed by atoms with van der Waals surface area (Å²) in [6.07, 6.45) is 0. The number of aromatic nitrogens is 1. The molecule has 0 saturated heterocycles. The molecule has 2 heterocycles. The first-order chi connectivity index (χ1) is 28.3. The van der Waals surface area contributed by atoms with Gasteiger partial charge in [-0.2, -0.15) is 0 Å². The molecule has 0 atom stereocenters. The molecule has 0 bridgehead atoms. The minimum Gasteiger partial charge on any atom is -0.311 e. The van der Waals surface area contributed by atoms with Crippen LogP contribution in [0.2, 0.25) is 0 Å². The van der Waals surface area contributed by atoms with E-state index in [1.807, 2.05) is 11.3 Å². The number of fused-ring (bicyclic) bond motifs is 6. The Morgan fingerprint density at radius 2 is 0.754 bits per heavy atom. The van der Waals surface area contributed by atoms with Gasteiger partial charge in [-0.1, -0.05) is 152 Å². The summed E-state index contributed by atoms with van der Waals surface area (Å²) in [5, 5.41) is 5.11. The van der Waals surface area contributed by atoms with E-state index in [0.29, 0.717) is 0 Å². The summed E-state index contributed by atoms with van der Waals surface area (Å²) in [5.74, 6) is 0. The summed E-state index contributed by atoms with van der Waals surface area (Å²) >= 11 is 1.88. The predicted molar refractivity (Wildman–Crippen MR) is 245 cm³/mol. The average molecular weight is 745 g/mol. The first kappa shape index (κ1) is 33.2. The molecule has 2 aromatic heterocycles. The minimum absolute atomic E-state index is 1.10. The average Bonchev–Trinajstić information content (AvgIpc) is 3.83. The second-order valence-corrected chi connectivity index (χ2v) is 15.6. The Morgan fingerprint density at radius 3 is 1.28 bits per heavy atom. The molecule has 0 unspecified atom stereocenters. The number of rotatable bonds is 7. The van der Waals surface area contributed by atoms with Gasteiger partial charge in [0, 0.05) is 59.3 Å². The van der Waals surface area contributed by atoms with Crippen molar-refractivity contribution in [2.24, 2.45) is 0 Å². The largest absolute Gasteiger partial charge is 0.311 e. The first-order valence-electron chi connectivity index (χ1n) is 19.4. The number of hydrogen-bond acceptors (Lipinski definition) is 2. The Bertz CT molecular complexity index is 3060. The van der Waals surface area contributed by atoms with Crippen LogP contribution in [0.4, 0.5) is 17.1 Å². The van der Waals surface area contributed by atoms with E-state index in [9.17, 15) is 0 Å². The fourth-order valence-electron chi connectivity index (χ4n) is 8.46. The second kappa shape index (κ2) is 13.8. The van der Waals surface area contributed by atoms with E-state index < -0.39 is 0 Å². The van der Waals surface area contributed by atoms with Gasteiger partial charge in [0.25, 0.3) is 0 Å². The molecule has 11 rings (SSSR count). The van der Waals surface area contributed by atoms with Crippen molar-refractivity contribution in [2.75, 3.05) is 4.90 Å². The molecule has 0 spiro atoms. The van der Waals surface area contributed by atoms with E-state index >= 15 is 0 Å². The monoisotopic (exact) mass is 744 g/mol. The highest BCUT2D eigenvalue weighted by Crippen LogP contribution is 2.44. The van der Waals surface area contributed by atoms with Gasteiger partial charge in [-0.3, -0.25) is 0 Å². The quantitative estimate of drug-likeness (QED) is 0.158. The summed E-state index contributed by atoms with van der Waals surface area (Å²) in [6, 6.07) is 79.3. The van der Waals surface area contributed by atoms with Crippen molar-refractivity contribution in [2.45, 2.75) is 0 Å². The third kappa shape index (κ3) is 5.80.